The van der Waals surface area contributed by atoms with Crippen LogP contribution in [0.3, 0.4) is 0 Å². The minimum atomic E-state index is -1.53. The monoisotopic (exact) mass is 214 g/mol. The Hall–Kier alpha value is 0.137. The third-order valence-electron chi connectivity index (χ3n) is 3.95. The first-order valence-electron chi connectivity index (χ1n) is 5.63. The van der Waals surface area contributed by atoms with Crippen LogP contribution in [0.25, 0.3) is 0 Å². The van der Waals surface area contributed by atoms with Crippen LogP contribution >= 0.6 is 0 Å². The molecule has 1 aliphatic carbocycles. The van der Waals surface area contributed by atoms with Crippen LogP contribution in [0, 0.1) is 0 Å². The third-order valence-corrected chi connectivity index (χ3v) is 8.48. The highest BCUT2D eigenvalue weighted by atomic mass is 28.4. The van der Waals surface area contributed by atoms with Crippen molar-refractivity contribution in [2.45, 2.75) is 70.1 Å². The van der Waals surface area contributed by atoms with Crippen LogP contribution in [-0.2, 0) is 9.16 Å². The molecule has 0 N–H and O–H groups in total. The molecule has 1 saturated carbocycles. The van der Waals surface area contributed by atoms with Gasteiger partial charge in [-0.3, -0.25) is 0 Å². The summed E-state index contributed by atoms with van der Waals surface area (Å²) >= 11 is 0. The minimum absolute atomic E-state index is 0.334. The van der Waals surface area contributed by atoms with Crippen molar-refractivity contribution in [3.05, 3.63) is 0 Å². The fourth-order valence-corrected chi connectivity index (χ4v) is 3.28. The van der Waals surface area contributed by atoms with E-state index >= 15 is 0 Å². The van der Waals surface area contributed by atoms with Crippen LogP contribution in [-0.4, -0.2) is 26.6 Å². The maximum absolute atomic E-state index is 6.32. The van der Waals surface area contributed by atoms with Gasteiger partial charge < -0.3 is 9.16 Å². The van der Waals surface area contributed by atoms with Crippen molar-refractivity contribution in [3.63, 3.8) is 0 Å². The number of ether oxygens (including phenoxy) is 1. The van der Waals surface area contributed by atoms with Gasteiger partial charge >= 0.3 is 0 Å². The average molecular weight is 214 g/mol. The molecule has 0 aromatic heterocycles. The van der Waals surface area contributed by atoms with Gasteiger partial charge in [-0.25, -0.2) is 0 Å². The zero-order chi connectivity index (χ0) is 10.6. The Labute approximate surface area is 88.1 Å². The lowest BCUT2D eigenvalue weighted by atomic mass is 10.2. The van der Waals surface area contributed by atoms with E-state index in [-0.39, 0.29) is 0 Å². The Morgan fingerprint density at radius 3 is 2.07 bits per heavy atom. The van der Waals surface area contributed by atoms with Crippen LogP contribution in [0.1, 0.15) is 33.6 Å². The number of fused-ring (bicyclic) bond motifs is 1. The van der Waals surface area contributed by atoms with Crippen LogP contribution in [0.4, 0.5) is 0 Å². The Kier molecular flexibility index (Phi) is 2.33. The van der Waals surface area contributed by atoms with Gasteiger partial charge in [-0.2, -0.15) is 0 Å². The molecule has 0 aromatic rings. The standard InChI is InChI=1S/C11H22O2Si/c1-11(2,3)14(4,5)13-8-6-9-10(7-8)12-9/h8-10H,6-7H2,1-5H3/t8?,9-,10+. The maximum atomic E-state index is 6.32. The molecule has 1 heterocycles. The number of rotatable bonds is 2. The van der Waals surface area contributed by atoms with Gasteiger partial charge in [0, 0.05) is 12.8 Å². The number of hydrogen-bond donors (Lipinski definition) is 0. The largest absolute Gasteiger partial charge is 0.414 e. The van der Waals surface area contributed by atoms with Gasteiger partial charge in [0.2, 0.25) is 0 Å². The number of epoxide rings is 1. The summed E-state index contributed by atoms with van der Waals surface area (Å²) in [5, 5.41) is 0.334. The van der Waals surface area contributed by atoms with Gasteiger partial charge in [0.05, 0.1) is 18.3 Å². The molecule has 3 heteroatoms. The molecule has 0 amide bonds. The first-order valence-corrected chi connectivity index (χ1v) is 8.54. The fourth-order valence-electron chi connectivity index (χ4n) is 1.90. The molecule has 82 valence electrons. The molecule has 14 heavy (non-hydrogen) atoms. The Morgan fingerprint density at radius 2 is 1.64 bits per heavy atom. The van der Waals surface area contributed by atoms with Gasteiger partial charge in [0.15, 0.2) is 8.32 Å². The smallest absolute Gasteiger partial charge is 0.192 e. The average Bonchev–Trinajstić information content (AvgIpc) is 2.56. The van der Waals surface area contributed by atoms with Crippen LogP contribution in [0.5, 0.6) is 0 Å². The maximum Gasteiger partial charge on any atom is 0.192 e. The van der Waals surface area contributed by atoms with E-state index in [1.807, 2.05) is 0 Å². The van der Waals surface area contributed by atoms with E-state index in [1.54, 1.807) is 0 Å². The highest BCUT2D eigenvalue weighted by Crippen LogP contribution is 2.44. The lowest BCUT2D eigenvalue weighted by Crippen LogP contribution is -2.43. The highest BCUT2D eigenvalue weighted by Gasteiger charge is 2.50. The van der Waals surface area contributed by atoms with E-state index < -0.39 is 8.32 Å². The van der Waals surface area contributed by atoms with E-state index in [2.05, 4.69) is 33.9 Å². The van der Waals surface area contributed by atoms with Crippen molar-refractivity contribution in [2.75, 3.05) is 0 Å². The lowest BCUT2D eigenvalue weighted by molar-refractivity contribution is 0.136. The Bertz CT molecular complexity index is 222. The molecule has 2 rings (SSSR count). The summed E-state index contributed by atoms with van der Waals surface area (Å²) in [6.45, 7) is 11.6. The second-order valence-corrected chi connectivity index (χ2v) is 10.9. The molecule has 2 fully saturated rings. The molecule has 2 aliphatic rings. The van der Waals surface area contributed by atoms with Crippen LogP contribution in [0.15, 0.2) is 0 Å². The molecule has 0 spiro atoms. The van der Waals surface area contributed by atoms with Crippen molar-refractivity contribution in [1.29, 1.82) is 0 Å². The second-order valence-electron chi connectivity index (χ2n) is 6.18. The van der Waals surface area contributed by atoms with Crippen molar-refractivity contribution in [2.24, 2.45) is 0 Å². The fraction of sp³-hybridized carbons (Fsp3) is 1.00. The first kappa shape index (κ1) is 10.6. The predicted octanol–water partition coefficient (Wildman–Crippen LogP) is 2.94. The van der Waals surface area contributed by atoms with Gasteiger partial charge in [-0.1, -0.05) is 20.8 Å². The first-order chi connectivity index (χ1) is 6.29. The molecule has 1 aliphatic heterocycles. The molecular formula is C11H22O2Si. The summed E-state index contributed by atoms with van der Waals surface area (Å²) < 4.78 is 11.7. The zero-order valence-electron chi connectivity index (χ0n) is 9.96. The van der Waals surface area contributed by atoms with Gasteiger partial charge in [-0.05, 0) is 18.1 Å². The van der Waals surface area contributed by atoms with E-state index in [1.165, 1.54) is 0 Å². The predicted molar refractivity (Wildman–Crippen MR) is 60.0 cm³/mol. The molecule has 2 nitrogen and oxygen atoms in total. The molecule has 0 aromatic carbocycles. The van der Waals surface area contributed by atoms with Crippen LogP contribution < -0.4 is 0 Å². The third kappa shape index (κ3) is 1.90. The molecular weight excluding hydrogens is 192 g/mol. The summed E-state index contributed by atoms with van der Waals surface area (Å²) in [4.78, 5) is 0. The van der Waals surface area contributed by atoms with Gasteiger partial charge in [0.25, 0.3) is 0 Å². The normalized spacial score (nSPS) is 37.1. The topological polar surface area (TPSA) is 21.8 Å². The van der Waals surface area contributed by atoms with Crippen molar-refractivity contribution in [3.8, 4) is 0 Å². The Balaban J connectivity index is 1.90. The van der Waals surface area contributed by atoms with Gasteiger partial charge in [-0.15, -0.1) is 0 Å². The van der Waals surface area contributed by atoms with Crippen molar-refractivity contribution in [1.82, 2.24) is 0 Å². The molecule has 0 bridgehead atoms. The Morgan fingerprint density at radius 1 is 1.14 bits per heavy atom. The summed E-state index contributed by atoms with van der Waals surface area (Å²) in [6.07, 6.45) is 3.85. The molecule has 1 unspecified atom stereocenters. The van der Waals surface area contributed by atoms with E-state index in [4.69, 9.17) is 9.16 Å². The highest BCUT2D eigenvalue weighted by molar-refractivity contribution is 6.74. The van der Waals surface area contributed by atoms with Crippen molar-refractivity contribution < 1.29 is 9.16 Å². The lowest BCUT2D eigenvalue weighted by Gasteiger charge is -2.38. The quantitative estimate of drug-likeness (QED) is 0.521. The zero-order valence-corrected chi connectivity index (χ0v) is 11.0. The van der Waals surface area contributed by atoms with Crippen molar-refractivity contribution >= 4 is 8.32 Å². The summed E-state index contributed by atoms with van der Waals surface area (Å²) in [7, 11) is -1.53. The van der Waals surface area contributed by atoms with Gasteiger partial charge in [0.1, 0.15) is 0 Å². The minimum Gasteiger partial charge on any atom is -0.414 e. The summed E-state index contributed by atoms with van der Waals surface area (Å²) in [5.41, 5.74) is 0. The number of hydrogen-bond acceptors (Lipinski definition) is 2. The second kappa shape index (κ2) is 3.06. The molecule has 0 radical (unpaired) electrons. The van der Waals surface area contributed by atoms with Crippen LogP contribution in [0.2, 0.25) is 18.1 Å². The van der Waals surface area contributed by atoms with E-state index in [0.29, 0.717) is 23.4 Å². The summed E-state index contributed by atoms with van der Waals surface area (Å²) in [6, 6.07) is 0. The summed E-state index contributed by atoms with van der Waals surface area (Å²) in [5.74, 6) is 0. The molecule has 3 atom stereocenters. The van der Waals surface area contributed by atoms with E-state index in [9.17, 15) is 0 Å². The van der Waals surface area contributed by atoms with E-state index in [0.717, 1.165) is 12.8 Å². The molecule has 1 saturated heterocycles. The SMILES string of the molecule is CC(C)(C)[Si](C)(C)OC1C[C@@H]2O[C@@H]2C1.